The summed E-state index contributed by atoms with van der Waals surface area (Å²) < 4.78 is 0. The van der Waals surface area contributed by atoms with E-state index in [1.165, 1.54) is 12.8 Å². The third-order valence-corrected chi connectivity index (χ3v) is 2.50. The third kappa shape index (κ3) is 0.752. The van der Waals surface area contributed by atoms with Crippen molar-refractivity contribution in [2.75, 3.05) is 6.54 Å². The molecule has 0 bridgehead atoms. The summed E-state index contributed by atoms with van der Waals surface area (Å²) in [5.74, 6) is 0.937. The van der Waals surface area contributed by atoms with Crippen LogP contribution in [0.15, 0.2) is 0 Å². The van der Waals surface area contributed by atoms with Crippen molar-refractivity contribution in [3.63, 3.8) is 0 Å². The van der Waals surface area contributed by atoms with E-state index < -0.39 is 0 Å². The Bertz CT molecular complexity index is 90.4. The van der Waals surface area contributed by atoms with Gasteiger partial charge in [0, 0.05) is 0 Å². The molecule has 1 rings (SSSR count). The van der Waals surface area contributed by atoms with E-state index in [-0.39, 0.29) is 0 Å². The van der Waals surface area contributed by atoms with Crippen LogP contribution in [0.4, 0.5) is 0 Å². The van der Waals surface area contributed by atoms with Gasteiger partial charge < -0.3 is 5.73 Å². The van der Waals surface area contributed by atoms with E-state index in [2.05, 4.69) is 13.8 Å². The Morgan fingerprint density at radius 3 is 2.50 bits per heavy atom. The fraction of sp³-hybridized carbons (Fsp3) is 1.00. The molecular formula is C7H15N. The smallest absolute Gasteiger partial charge is 0.00204 e. The first-order valence-corrected chi connectivity index (χ1v) is 3.43. The topological polar surface area (TPSA) is 26.0 Å². The van der Waals surface area contributed by atoms with Crippen LogP contribution in [0.3, 0.4) is 0 Å². The summed E-state index contributed by atoms with van der Waals surface area (Å²) in [6, 6.07) is 0. The van der Waals surface area contributed by atoms with Crippen molar-refractivity contribution in [3.05, 3.63) is 0 Å². The largest absolute Gasteiger partial charge is 0.330 e. The van der Waals surface area contributed by atoms with Gasteiger partial charge in [-0.3, -0.25) is 0 Å². The van der Waals surface area contributed by atoms with Crippen molar-refractivity contribution in [1.82, 2.24) is 0 Å². The van der Waals surface area contributed by atoms with Crippen LogP contribution in [0.5, 0.6) is 0 Å². The highest BCUT2D eigenvalue weighted by molar-refractivity contribution is 4.98. The highest BCUT2D eigenvalue weighted by Crippen LogP contribution is 2.52. The SMILES string of the molecule is CCC1CC1(C)CN. The molecule has 2 atom stereocenters. The van der Waals surface area contributed by atoms with Crippen molar-refractivity contribution in [2.24, 2.45) is 17.1 Å². The molecule has 0 aromatic rings. The average molecular weight is 113 g/mol. The highest BCUT2D eigenvalue weighted by atomic mass is 14.7. The Morgan fingerprint density at radius 1 is 1.75 bits per heavy atom. The molecule has 48 valence electrons. The molecule has 0 spiro atoms. The van der Waals surface area contributed by atoms with Gasteiger partial charge in [0.2, 0.25) is 0 Å². The van der Waals surface area contributed by atoms with Gasteiger partial charge in [-0.15, -0.1) is 0 Å². The van der Waals surface area contributed by atoms with E-state index in [9.17, 15) is 0 Å². The molecule has 0 heterocycles. The molecule has 1 aliphatic carbocycles. The van der Waals surface area contributed by atoms with E-state index in [4.69, 9.17) is 5.73 Å². The second-order valence-corrected chi connectivity index (χ2v) is 3.17. The monoisotopic (exact) mass is 113 g/mol. The molecule has 8 heavy (non-hydrogen) atoms. The summed E-state index contributed by atoms with van der Waals surface area (Å²) in [5.41, 5.74) is 6.07. The summed E-state index contributed by atoms with van der Waals surface area (Å²) in [5, 5.41) is 0. The molecule has 2 unspecified atom stereocenters. The lowest BCUT2D eigenvalue weighted by Gasteiger charge is -2.03. The van der Waals surface area contributed by atoms with Crippen molar-refractivity contribution in [3.8, 4) is 0 Å². The van der Waals surface area contributed by atoms with E-state index in [0.29, 0.717) is 5.41 Å². The van der Waals surface area contributed by atoms with Gasteiger partial charge in [0.15, 0.2) is 0 Å². The van der Waals surface area contributed by atoms with Gasteiger partial charge in [-0.05, 0) is 24.3 Å². The van der Waals surface area contributed by atoms with E-state index in [0.717, 1.165) is 12.5 Å². The van der Waals surface area contributed by atoms with Crippen LogP contribution in [0.2, 0.25) is 0 Å². The van der Waals surface area contributed by atoms with Gasteiger partial charge in [0.25, 0.3) is 0 Å². The summed E-state index contributed by atoms with van der Waals surface area (Å²) in [7, 11) is 0. The summed E-state index contributed by atoms with van der Waals surface area (Å²) in [4.78, 5) is 0. The molecule has 1 aliphatic rings. The predicted molar refractivity (Wildman–Crippen MR) is 35.6 cm³/mol. The highest BCUT2D eigenvalue weighted by Gasteiger charge is 2.46. The van der Waals surface area contributed by atoms with Crippen LogP contribution in [0, 0.1) is 11.3 Å². The van der Waals surface area contributed by atoms with Gasteiger partial charge >= 0.3 is 0 Å². The first kappa shape index (κ1) is 6.09. The van der Waals surface area contributed by atoms with Crippen LogP contribution < -0.4 is 5.73 Å². The summed E-state index contributed by atoms with van der Waals surface area (Å²) in [6.07, 6.45) is 2.67. The summed E-state index contributed by atoms with van der Waals surface area (Å²) >= 11 is 0. The molecule has 1 saturated carbocycles. The maximum absolute atomic E-state index is 5.53. The van der Waals surface area contributed by atoms with E-state index in [1.807, 2.05) is 0 Å². The molecule has 0 radical (unpaired) electrons. The zero-order valence-corrected chi connectivity index (χ0v) is 5.78. The first-order valence-electron chi connectivity index (χ1n) is 3.43. The predicted octanol–water partition coefficient (Wildman–Crippen LogP) is 1.38. The van der Waals surface area contributed by atoms with Crippen LogP contribution in [0.1, 0.15) is 26.7 Å². The van der Waals surface area contributed by atoms with Gasteiger partial charge in [0.05, 0.1) is 0 Å². The van der Waals surface area contributed by atoms with Crippen LogP contribution in [-0.4, -0.2) is 6.54 Å². The Morgan fingerprint density at radius 2 is 2.38 bits per heavy atom. The molecule has 0 aromatic carbocycles. The average Bonchev–Trinajstić information content (AvgIpc) is 2.44. The minimum absolute atomic E-state index is 0.536. The van der Waals surface area contributed by atoms with Crippen molar-refractivity contribution < 1.29 is 0 Å². The molecule has 1 fully saturated rings. The van der Waals surface area contributed by atoms with E-state index >= 15 is 0 Å². The lowest BCUT2D eigenvalue weighted by Crippen LogP contribution is -2.13. The maximum atomic E-state index is 5.53. The van der Waals surface area contributed by atoms with Crippen molar-refractivity contribution in [1.29, 1.82) is 0 Å². The quantitative estimate of drug-likeness (QED) is 0.575. The van der Waals surface area contributed by atoms with Crippen molar-refractivity contribution >= 4 is 0 Å². The Hall–Kier alpha value is -0.0400. The second-order valence-electron chi connectivity index (χ2n) is 3.17. The molecule has 0 aliphatic heterocycles. The van der Waals surface area contributed by atoms with Gasteiger partial charge in [0.1, 0.15) is 0 Å². The third-order valence-electron chi connectivity index (χ3n) is 2.50. The molecule has 0 aromatic heterocycles. The zero-order chi connectivity index (χ0) is 6.20. The fourth-order valence-corrected chi connectivity index (χ4v) is 1.39. The summed E-state index contributed by atoms with van der Waals surface area (Å²) in [6.45, 7) is 5.40. The number of hydrogen-bond acceptors (Lipinski definition) is 1. The van der Waals surface area contributed by atoms with Gasteiger partial charge in [-0.2, -0.15) is 0 Å². The molecular weight excluding hydrogens is 98.1 g/mol. The Labute approximate surface area is 51.3 Å². The number of rotatable bonds is 2. The minimum Gasteiger partial charge on any atom is -0.330 e. The van der Waals surface area contributed by atoms with Crippen LogP contribution in [-0.2, 0) is 0 Å². The first-order chi connectivity index (χ1) is 3.73. The van der Waals surface area contributed by atoms with Gasteiger partial charge in [-0.25, -0.2) is 0 Å². The second kappa shape index (κ2) is 1.73. The maximum Gasteiger partial charge on any atom is -0.00204 e. The molecule has 2 N–H and O–H groups in total. The standard InChI is InChI=1S/C7H15N/c1-3-6-4-7(6,2)5-8/h6H,3-5,8H2,1-2H3. The number of nitrogens with two attached hydrogens (primary N) is 1. The van der Waals surface area contributed by atoms with Crippen LogP contribution in [0.25, 0.3) is 0 Å². The molecule has 0 saturated heterocycles. The zero-order valence-electron chi connectivity index (χ0n) is 5.78. The lowest BCUT2D eigenvalue weighted by atomic mass is 10.1. The minimum atomic E-state index is 0.536. The fourth-order valence-electron chi connectivity index (χ4n) is 1.39. The normalized spacial score (nSPS) is 44.6. The lowest BCUT2D eigenvalue weighted by molar-refractivity contribution is 0.507. The Kier molecular flexibility index (Phi) is 1.31. The van der Waals surface area contributed by atoms with E-state index in [1.54, 1.807) is 0 Å². The van der Waals surface area contributed by atoms with Crippen LogP contribution >= 0.6 is 0 Å². The molecule has 1 nitrogen and oxygen atoms in total. The van der Waals surface area contributed by atoms with Crippen molar-refractivity contribution in [2.45, 2.75) is 26.7 Å². The van der Waals surface area contributed by atoms with Gasteiger partial charge in [-0.1, -0.05) is 20.3 Å². The number of hydrogen-bond donors (Lipinski definition) is 1. The molecule has 1 heteroatoms. The Balaban J connectivity index is 2.31. The molecule has 0 amide bonds.